The molecule has 0 atom stereocenters. The van der Waals surface area contributed by atoms with Crippen LogP contribution in [0, 0.1) is 0 Å². The van der Waals surface area contributed by atoms with Crippen molar-refractivity contribution in [1.82, 2.24) is 4.90 Å². The van der Waals surface area contributed by atoms with E-state index in [9.17, 15) is 13.2 Å². The first-order valence-electron chi connectivity index (χ1n) is 5.58. The molecule has 0 spiro atoms. The molecule has 1 aliphatic rings. The molecule has 0 unspecified atom stereocenters. The molecule has 0 radical (unpaired) electrons. The van der Waals surface area contributed by atoms with Crippen molar-refractivity contribution in [3.05, 3.63) is 0 Å². The Balaban J connectivity index is 2.27. The van der Waals surface area contributed by atoms with Crippen LogP contribution in [0.2, 0.25) is 0 Å². The summed E-state index contributed by atoms with van der Waals surface area (Å²) < 4.78 is 39.1. The minimum Gasteiger partial charge on any atom is -0.395 e. The molecule has 1 saturated carbocycles. The van der Waals surface area contributed by atoms with Crippen molar-refractivity contribution in [3.8, 4) is 0 Å². The van der Waals surface area contributed by atoms with Gasteiger partial charge in [-0.1, -0.05) is 12.8 Å². The lowest BCUT2D eigenvalue weighted by Gasteiger charge is -2.27. The normalized spacial score (nSPS) is 18.6. The summed E-state index contributed by atoms with van der Waals surface area (Å²) in [6.07, 6.45) is -0.307. The van der Waals surface area contributed by atoms with Gasteiger partial charge in [0.15, 0.2) is 0 Å². The van der Waals surface area contributed by atoms with Crippen molar-refractivity contribution in [3.63, 3.8) is 0 Å². The van der Waals surface area contributed by atoms with Crippen LogP contribution in [0.5, 0.6) is 0 Å². The van der Waals surface area contributed by atoms with E-state index in [0.29, 0.717) is 12.6 Å². The monoisotopic (exact) mass is 241 g/mol. The Labute approximate surface area is 93.2 Å². The quantitative estimate of drug-likeness (QED) is 0.769. The zero-order chi connectivity index (χ0) is 12.0. The van der Waals surface area contributed by atoms with Gasteiger partial charge >= 0.3 is 6.36 Å². The van der Waals surface area contributed by atoms with Crippen LogP contribution in [0.1, 0.15) is 25.7 Å². The molecule has 0 aromatic heterocycles. The zero-order valence-corrected chi connectivity index (χ0v) is 9.17. The first-order valence-corrected chi connectivity index (χ1v) is 5.58. The molecule has 3 nitrogen and oxygen atoms in total. The molecule has 0 heterocycles. The minimum atomic E-state index is -4.55. The fourth-order valence-corrected chi connectivity index (χ4v) is 2.15. The first-order chi connectivity index (χ1) is 7.53. The molecule has 0 aliphatic heterocycles. The number of ether oxygens (including phenoxy) is 1. The summed E-state index contributed by atoms with van der Waals surface area (Å²) in [7, 11) is 0. The fraction of sp³-hybridized carbons (Fsp3) is 1.00. The summed E-state index contributed by atoms with van der Waals surface area (Å²) >= 11 is 0. The van der Waals surface area contributed by atoms with E-state index in [1.54, 1.807) is 0 Å². The second-order valence-electron chi connectivity index (χ2n) is 3.99. The highest BCUT2D eigenvalue weighted by atomic mass is 19.4. The van der Waals surface area contributed by atoms with E-state index in [1.807, 2.05) is 4.90 Å². The molecule has 0 bridgehead atoms. The molecule has 0 saturated heterocycles. The highest BCUT2D eigenvalue weighted by molar-refractivity contribution is 4.77. The van der Waals surface area contributed by atoms with Gasteiger partial charge in [0.2, 0.25) is 0 Å². The predicted octanol–water partition coefficient (Wildman–Crippen LogP) is 1.76. The Morgan fingerprint density at radius 1 is 1.19 bits per heavy atom. The van der Waals surface area contributed by atoms with E-state index in [0.717, 1.165) is 25.7 Å². The summed E-state index contributed by atoms with van der Waals surface area (Å²) in [6.45, 7) is 0.263. The number of halogens is 3. The Morgan fingerprint density at radius 2 is 1.81 bits per heavy atom. The van der Waals surface area contributed by atoms with Gasteiger partial charge in [0.25, 0.3) is 0 Å². The number of aliphatic hydroxyl groups excluding tert-OH is 1. The SMILES string of the molecule is OCCN(CCOC(F)(F)F)C1CCCC1. The summed E-state index contributed by atoms with van der Waals surface area (Å²) in [5.74, 6) is 0. The van der Waals surface area contributed by atoms with E-state index in [2.05, 4.69) is 4.74 Å². The molecular weight excluding hydrogens is 223 g/mol. The second kappa shape index (κ2) is 6.42. The maximum Gasteiger partial charge on any atom is 0.522 e. The molecule has 6 heteroatoms. The lowest BCUT2D eigenvalue weighted by Crippen LogP contribution is -2.38. The number of alkyl halides is 3. The number of rotatable bonds is 6. The molecule has 0 amide bonds. The van der Waals surface area contributed by atoms with E-state index in [-0.39, 0.29) is 19.8 Å². The average molecular weight is 241 g/mol. The van der Waals surface area contributed by atoms with Gasteiger partial charge in [-0.25, -0.2) is 0 Å². The van der Waals surface area contributed by atoms with Gasteiger partial charge in [0.1, 0.15) is 0 Å². The summed E-state index contributed by atoms with van der Waals surface area (Å²) in [6, 6.07) is 0.309. The topological polar surface area (TPSA) is 32.7 Å². The number of aliphatic hydroxyl groups is 1. The lowest BCUT2D eigenvalue weighted by molar-refractivity contribution is -0.325. The summed E-state index contributed by atoms with van der Waals surface area (Å²) in [4.78, 5) is 1.89. The maximum atomic E-state index is 11.8. The highest BCUT2D eigenvalue weighted by Crippen LogP contribution is 2.23. The third-order valence-corrected chi connectivity index (χ3v) is 2.87. The van der Waals surface area contributed by atoms with Gasteiger partial charge in [0, 0.05) is 19.1 Å². The van der Waals surface area contributed by atoms with Crippen molar-refractivity contribution in [2.75, 3.05) is 26.3 Å². The molecule has 96 valence electrons. The summed E-state index contributed by atoms with van der Waals surface area (Å²) in [5, 5.41) is 8.85. The van der Waals surface area contributed by atoms with Gasteiger partial charge < -0.3 is 5.11 Å². The van der Waals surface area contributed by atoms with Crippen molar-refractivity contribution in [2.45, 2.75) is 38.1 Å². The van der Waals surface area contributed by atoms with Gasteiger partial charge in [-0.05, 0) is 12.8 Å². The van der Waals surface area contributed by atoms with Crippen LogP contribution >= 0.6 is 0 Å². The van der Waals surface area contributed by atoms with Gasteiger partial charge in [-0.2, -0.15) is 0 Å². The molecule has 1 N–H and O–H groups in total. The Kier molecular flexibility index (Phi) is 5.51. The number of hydrogen-bond acceptors (Lipinski definition) is 3. The van der Waals surface area contributed by atoms with Crippen molar-refractivity contribution in [1.29, 1.82) is 0 Å². The van der Waals surface area contributed by atoms with E-state index < -0.39 is 6.36 Å². The summed E-state index contributed by atoms with van der Waals surface area (Å²) in [5.41, 5.74) is 0. The Hall–Kier alpha value is -0.330. The van der Waals surface area contributed by atoms with Crippen LogP contribution in [0.4, 0.5) is 13.2 Å². The standard InChI is InChI=1S/C10H18F3NO2/c11-10(12,13)16-8-6-14(5-7-15)9-3-1-2-4-9/h9,15H,1-8H2. The molecule has 16 heavy (non-hydrogen) atoms. The Morgan fingerprint density at radius 3 is 2.31 bits per heavy atom. The lowest BCUT2D eigenvalue weighted by atomic mass is 10.2. The second-order valence-corrected chi connectivity index (χ2v) is 3.99. The van der Waals surface area contributed by atoms with E-state index in [4.69, 9.17) is 5.11 Å². The van der Waals surface area contributed by atoms with Crippen LogP contribution in [0.25, 0.3) is 0 Å². The number of nitrogens with zero attached hydrogens (tertiary/aromatic N) is 1. The predicted molar refractivity (Wildman–Crippen MR) is 52.9 cm³/mol. The third-order valence-electron chi connectivity index (χ3n) is 2.87. The highest BCUT2D eigenvalue weighted by Gasteiger charge is 2.29. The van der Waals surface area contributed by atoms with Crippen LogP contribution in [0.15, 0.2) is 0 Å². The van der Waals surface area contributed by atoms with Crippen LogP contribution in [0.3, 0.4) is 0 Å². The van der Waals surface area contributed by atoms with Crippen molar-refractivity contribution >= 4 is 0 Å². The van der Waals surface area contributed by atoms with Crippen LogP contribution < -0.4 is 0 Å². The minimum absolute atomic E-state index is 0.0253. The smallest absolute Gasteiger partial charge is 0.395 e. The Bertz CT molecular complexity index is 193. The first kappa shape index (κ1) is 13.7. The van der Waals surface area contributed by atoms with Gasteiger partial charge in [-0.3, -0.25) is 9.64 Å². The van der Waals surface area contributed by atoms with Gasteiger partial charge in [0.05, 0.1) is 13.2 Å². The van der Waals surface area contributed by atoms with Crippen molar-refractivity contribution < 1.29 is 23.0 Å². The molecule has 1 aliphatic carbocycles. The van der Waals surface area contributed by atoms with Crippen LogP contribution in [-0.2, 0) is 4.74 Å². The van der Waals surface area contributed by atoms with Gasteiger partial charge in [-0.15, -0.1) is 13.2 Å². The third kappa shape index (κ3) is 5.14. The molecule has 0 aromatic carbocycles. The van der Waals surface area contributed by atoms with E-state index in [1.165, 1.54) is 0 Å². The van der Waals surface area contributed by atoms with E-state index >= 15 is 0 Å². The zero-order valence-electron chi connectivity index (χ0n) is 9.17. The largest absolute Gasteiger partial charge is 0.522 e. The number of hydrogen-bond donors (Lipinski definition) is 1. The molecule has 1 fully saturated rings. The van der Waals surface area contributed by atoms with Crippen molar-refractivity contribution in [2.24, 2.45) is 0 Å². The maximum absolute atomic E-state index is 11.8. The molecular formula is C10H18F3NO2. The molecule has 1 rings (SSSR count). The van der Waals surface area contributed by atoms with Crippen LogP contribution in [-0.4, -0.2) is 48.7 Å². The fourth-order valence-electron chi connectivity index (χ4n) is 2.15. The average Bonchev–Trinajstić information content (AvgIpc) is 2.67. The molecule has 0 aromatic rings.